The minimum absolute atomic E-state index is 0.502. The molecule has 3 heteroatoms. The van der Waals surface area contributed by atoms with E-state index >= 15 is 0 Å². The molecule has 3 rings (SSSR count). The lowest BCUT2D eigenvalue weighted by Gasteiger charge is -2.32. The number of para-hydroxylation sites is 1. The summed E-state index contributed by atoms with van der Waals surface area (Å²) in [7, 11) is 2.19. The van der Waals surface area contributed by atoms with Crippen LogP contribution in [-0.4, -0.2) is 23.5 Å². The van der Waals surface area contributed by atoms with Gasteiger partial charge in [-0.25, -0.2) is 4.98 Å². The van der Waals surface area contributed by atoms with Gasteiger partial charge in [-0.3, -0.25) is 4.90 Å². The van der Waals surface area contributed by atoms with E-state index in [4.69, 9.17) is 4.74 Å². The van der Waals surface area contributed by atoms with Crippen molar-refractivity contribution in [3.05, 3.63) is 54.2 Å². The fourth-order valence-corrected chi connectivity index (χ4v) is 2.75. The van der Waals surface area contributed by atoms with Crippen LogP contribution in [0.5, 0.6) is 11.6 Å². The molecular weight excluding hydrogens is 248 g/mol. The zero-order valence-electron chi connectivity index (χ0n) is 11.8. The van der Waals surface area contributed by atoms with Crippen LogP contribution in [0.4, 0.5) is 0 Å². The van der Waals surface area contributed by atoms with Gasteiger partial charge in [-0.05, 0) is 44.1 Å². The first-order valence-corrected chi connectivity index (χ1v) is 7.22. The van der Waals surface area contributed by atoms with Gasteiger partial charge >= 0.3 is 0 Å². The van der Waals surface area contributed by atoms with Gasteiger partial charge in [-0.1, -0.05) is 30.7 Å². The summed E-state index contributed by atoms with van der Waals surface area (Å²) < 4.78 is 5.72. The van der Waals surface area contributed by atoms with Crippen molar-refractivity contribution < 1.29 is 4.74 Å². The molecule has 0 saturated carbocycles. The van der Waals surface area contributed by atoms with E-state index in [1.54, 1.807) is 0 Å². The molecule has 0 aliphatic carbocycles. The highest BCUT2D eigenvalue weighted by molar-refractivity contribution is 5.28. The van der Waals surface area contributed by atoms with Crippen LogP contribution in [0.1, 0.15) is 30.9 Å². The Morgan fingerprint density at radius 3 is 2.65 bits per heavy atom. The molecule has 20 heavy (non-hydrogen) atoms. The minimum Gasteiger partial charge on any atom is -0.439 e. The van der Waals surface area contributed by atoms with E-state index < -0.39 is 0 Å². The second kappa shape index (κ2) is 6.06. The first-order valence-electron chi connectivity index (χ1n) is 7.22. The summed E-state index contributed by atoms with van der Waals surface area (Å²) in [5.74, 6) is 1.47. The Morgan fingerprint density at radius 2 is 1.95 bits per heavy atom. The second-order valence-electron chi connectivity index (χ2n) is 5.34. The van der Waals surface area contributed by atoms with Crippen molar-refractivity contribution in [2.24, 2.45) is 0 Å². The lowest BCUT2D eigenvalue weighted by molar-refractivity contribution is 0.187. The first kappa shape index (κ1) is 13.1. The number of hydrogen-bond donors (Lipinski definition) is 0. The zero-order chi connectivity index (χ0) is 13.8. The van der Waals surface area contributed by atoms with Crippen LogP contribution < -0.4 is 4.74 Å². The average Bonchev–Trinajstić information content (AvgIpc) is 2.50. The van der Waals surface area contributed by atoms with Gasteiger partial charge in [0.2, 0.25) is 5.88 Å². The average molecular weight is 268 g/mol. The first-order chi connectivity index (χ1) is 9.83. The van der Waals surface area contributed by atoms with Crippen LogP contribution in [0.25, 0.3) is 0 Å². The number of rotatable bonds is 3. The zero-order valence-corrected chi connectivity index (χ0v) is 11.8. The number of hydrogen-bond acceptors (Lipinski definition) is 3. The Morgan fingerprint density at radius 1 is 1.10 bits per heavy atom. The number of likely N-dealkylation sites (tertiary alicyclic amines) is 1. The van der Waals surface area contributed by atoms with Gasteiger partial charge < -0.3 is 4.74 Å². The molecule has 0 unspecified atom stereocenters. The fourth-order valence-electron chi connectivity index (χ4n) is 2.75. The van der Waals surface area contributed by atoms with Gasteiger partial charge in [-0.2, -0.15) is 0 Å². The predicted octanol–water partition coefficient (Wildman–Crippen LogP) is 4.03. The predicted molar refractivity (Wildman–Crippen MR) is 80.0 cm³/mol. The van der Waals surface area contributed by atoms with Crippen LogP contribution in [0, 0.1) is 0 Å². The number of piperidine rings is 1. The van der Waals surface area contributed by atoms with Crippen molar-refractivity contribution in [1.82, 2.24) is 9.88 Å². The largest absolute Gasteiger partial charge is 0.439 e. The summed E-state index contributed by atoms with van der Waals surface area (Å²) in [6.07, 6.45) is 5.77. The van der Waals surface area contributed by atoms with Crippen molar-refractivity contribution in [3.8, 4) is 11.6 Å². The number of benzene rings is 1. The summed E-state index contributed by atoms with van der Waals surface area (Å²) in [4.78, 5) is 6.85. The third kappa shape index (κ3) is 2.99. The van der Waals surface area contributed by atoms with Crippen molar-refractivity contribution in [1.29, 1.82) is 0 Å². The van der Waals surface area contributed by atoms with Gasteiger partial charge in [-0.15, -0.1) is 0 Å². The maximum Gasteiger partial charge on any atom is 0.219 e. The molecule has 1 aliphatic rings. The highest BCUT2D eigenvalue weighted by atomic mass is 16.5. The van der Waals surface area contributed by atoms with E-state index in [2.05, 4.69) is 23.0 Å². The Bertz CT molecular complexity index is 539. The number of ether oxygens (including phenoxy) is 1. The molecule has 1 fully saturated rings. The normalized spacial score (nSPS) is 19.8. The van der Waals surface area contributed by atoms with Crippen LogP contribution in [-0.2, 0) is 0 Å². The Balaban J connectivity index is 1.71. The lowest BCUT2D eigenvalue weighted by Crippen LogP contribution is -2.29. The molecular formula is C17H20N2O. The van der Waals surface area contributed by atoms with E-state index in [-0.39, 0.29) is 0 Å². The molecule has 2 aromatic rings. The molecule has 1 saturated heterocycles. The molecule has 104 valence electrons. The molecule has 1 aromatic carbocycles. The summed E-state index contributed by atoms with van der Waals surface area (Å²) in [6, 6.07) is 14.4. The minimum atomic E-state index is 0.502. The quantitative estimate of drug-likeness (QED) is 0.840. The van der Waals surface area contributed by atoms with E-state index in [9.17, 15) is 0 Å². The van der Waals surface area contributed by atoms with E-state index in [1.165, 1.54) is 31.4 Å². The SMILES string of the molecule is CN1CCCC[C@H]1c1ccc(Oc2ccccc2)nc1. The standard InChI is InChI=1S/C17H20N2O/c1-19-12-6-5-9-16(19)14-10-11-17(18-13-14)20-15-7-3-2-4-8-15/h2-4,7-8,10-11,13,16H,5-6,9,12H2,1H3/t16-/m0/s1. The van der Waals surface area contributed by atoms with Crippen molar-refractivity contribution >= 4 is 0 Å². The van der Waals surface area contributed by atoms with Gasteiger partial charge in [0.05, 0.1) is 0 Å². The fraction of sp³-hybridized carbons (Fsp3) is 0.353. The number of pyridine rings is 1. The molecule has 3 nitrogen and oxygen atoms in total. The smallest absolute Gasteiger partial charge is 0.219 e. The van der Waals surface area contributed by atoms with Crippen LogP contribution in [0.2, 0.25) is 0 Å². The molecule has 0 N–H and O–H groups in total. The topological polar surface area (TPSA) is 25.4 Å². The highest BCUT2D eigenvalue weighted by Crippen LogP contribution is 2.30. The number of nitrogens with zero attached hydrogens (tertiary/aromatic N) is 2. The van der Waals surface area contributed by atoms with Gasteiger partial charge in [0, 0.05) is 18.3 Å². The second-order valence-corrected chi connectivity index (χ2v) is 5.34. The van der Waals surface area contributed by atoms with Crippen LogP contribution in [0.3, 0.4) is 0 Å². The molecule has 0 spiro atoms. The van der Waals surface area contributed by atoms with Crippen molar-refractivity contribution in [2.75, 3.05) is 13.6 Å². The third-order valence-corrected chi connectivity index (χ3v) is 3.88. The lowest BCUT2D eigenvalue weighted by atomic mass is 9.97. The maximum atomic E-state index is 5.72. The Hall–Kier alpha value is -1.87. The Labute approximate surface area is 120 Å². The molecule has 2 heterocycles. The maximum absolute atomic E-state index is 5.72. The van der Waals surface area contributed by atoms with Crippen molar-refractivity contribution in [2.45, 2.75) is 25.3 Å². The summed E-state index contributed by atoms with van der Waals surface area (Å²) in [5.41, 5.74) is 1.28. The van der Waals surface area contributed by atoms with Gasteiger partial charge in [0.25, 0.3) is 0 Å². The monoisotopic (exact) mass is 268 g/mol. The summed E-state index contributed by atoms with van der Waals surface area (Å²) in [5, 5.41) is 0. The van der Waals surface area contributed by atoms with Crippen LogP contribution >= 0.6 is 0 Å². The molecule has 1 aromatic heterocycles. The highest BCUT2D eigenvalue weighted by Gasteiger charge is 2.20. The summed E-state index contributed by atoms with van der Waals surface area (Å²) in [6.45, 7) is 1.17. The number of aromatic nitrogens is 1. The molecule has 0 bridgehead atoms. The third-order valence-electron chi connectivity index (χ3n) is 3.88. The van der Waals surface area contributed by atoms with Crippen LogP contribution in [0.15, 0.2) is 48.7 Å². The van der Waals surface area contributed by atoms with E-state index in [1.807, 2.05) is 42.6 Å². The molecule has 1 atom stereocenters. The van der Waals surface area contributed by atoms with E-state index in [0.29, 0.717) is 11.9 Å². The summed E-state index contributed by atoms with van der Waals surface area (Å²) >= 11 is 0. The van der Waals surface area contributed by atoms with Gasteiger partial charge in [0.1, 0.15) is 5.75 Å². The van der Waals surface area contributed by atoms with Gasteiger partial charge in [0.15, 0.2) is 0 Å². The Kier molecular flexibility index (Phi) is 3.97. The van der Waals surface area contributed by atoms with Crippen molar-refractivity contribution in [3.63, 3.8) is 0 Å². The molecule has 0 radical (unpaired) electrons. The molecule has 1 aliphatic heterocycles. The van der Waals surface area contributed by atoms with E-state index in [0.717, 1.165) is 5.75 Å². The molecule has 0 amide bonds.